The second-order valence-electron chi connectivity index (χ2n) is 5.09. The van der Waals surface area contributed by atoms with E-state index in [1.807, 2.05) is 11.9 Å². The summed E-state index contributed by atoms with van der Waals surface area (Å²) in [6, 6.07) is 4.96. The second-order valence-corrected chi connectivity index (χ2v) is 6.00. The summed E-state index contributed by atoms with van der Waals surface area (Å²) in [5, 5.41) is 5.93. The van der Waals surface area contributed by atoms with Crippen LogP contribution >= 0.6 is 15.9 Å². The summed E-state index contributed by atoms with van der Waals surface area (Å²) in [5.74, 6) is -0.631. The average Bonchev–Trinajstić information content (AvgIpc) is 2.43. The van der Waals surface area contributed by atoms with E-state index in [9.17, 15) is 9.18 Å². The van der Waals surface area contributed by atoms with Crippen molar-refractivity contribution < 1.29 is 9.18 Å². The smallest absolute Gasteiger partial charge is 0.238 e. The summed E-state index contributed by atoms with van der Waals surface area (Å²) in [7, 11) is 1.93. The molecule has 1 aliphatic heterocycles. The van der Waals surface area contributed by atoms with Crippen LogP contribution in [0.5, 0.6) is 0 Å². The number of nitrogens with one attached hydrogen (secondary N) is 2. The van der Waals surface area contributed by atoms with Crippen molar-refractivity contribution in [2.24, 2.45) is 0 Å². The highest BCUT2D eigenvalue weighted by Crippen LogP contribution is 2.19. The van der Waals surface area contributed by atoms with Crippen molar-refractivity contribution in [1.82, 2.24) is 10.2 Å². The van der Waals surface area contributed by atoms with Gasteiger partial charge in [0.05, 0.1) is 12.2 Å². The SMILES string of the molecule is CN(CC(=O)Nc1ccc(Br)cc1F)C1CCCNC1. The Morgan fingerprint density at radius 1 is 1.60 bits per heavy atom. The Morgan fingerprint density at radius 3 is 3.05 bits per heavy atom. The number of carbonyl (C=O) groups excluding carboxylic acids is 1. The first kappa shape index (κ1) is 15.4. The first-order valence-corrected chi connectivity index (χ1v) is 7.51. The van der Waals surface area contributed by atoms with Crippen molar-refractivity contribution in [2.75, 3.05) is 32.0 Å². The van der Waals surface area contributed by atoms with Gasteiger partial charge in [0.2, 0.25) is 5.91 Å². The Morgan fingerprint density at radius 2 is 2.40 bits per heavy atom. The molecular formula is C14H19BrFN3O. The van der Waals surface area contributed by atoms with Gasteiger partial charge in [-0.15, -0.1) is 0 Å². The van der Waals surface area contributed by atoms with Gasteiger partial charge >= 0.3 is 0 Å². The van der Waals surface area contributed by atoms with E-state index in [0.717, 1.165) is 25.9 Å². The fraction of sp³-hybridized carbons (Fsp3) is 0.500. The lowest BCUT2D eigenvalue weighted by atomic mass is 10.1. The fourth-order valence-corrected chi connectivity index (χ4v) is 2.68. The van der Waals surface area contributed by atoms with Crippen LogP contribution in [-0.2, 0) is 4.79 Å². The molecule has 1 amide bonds. The monoisotopic (exact) mass is 343 g/mol. The number of piperidine rings is 1. The number of nitrogens with zero attached hydrogens (tertiary/aromatic N) is 1. The molecule has 0 aromatic heterocycles. The fourth-order valence-electron chi connectivity index (χ4n) is 2.35. The number of halogens is 2. The third-order valence-corrected chi connectivity index (χ3v) is 3.99. The summed E-state index contributed by atoms with van der Waals surface area (Å²) in [6.45, 7) is 2.21. The van der Waals surface area contributed by atoms with E-state index in [1.165, 1.54) is 6.07 Å². The molecule has 1 atom stereocenters. The predicted molar refractivity (Wildman–Crippen MR) is 81.3 cm³/mol. The summed E-state index contributed by atoms with van der Waals surface area (Å²) < 4.78 is 14.3. The molecule has 1 unspecified atom stereocenters. The maximum Gasteiger partial charge on any atom is 0.238 e. The number of rotatable bonds is 4. The van der Waals surface area contributed by atoms with Crippen LogP contribution in [0.1, 0.15) is 12.8 Å². The van der Waals surface area contributed by atoms with E-state index in [0.29, 0.717) is 10.5 Å². The molecule has 0 spiro atoms. The van der Waals surface area contributed by atoms with Crippen molar-refractivity contribution >= 4 is 27.5 Å². The molecule has 0 bridgehead atoms. The topological polar surface area (TPSA) is 44.4 Å². The van der Waals surface area contributed by atoms with Crippen molar-refractivity contribution in [3.05, 3.63) is 28.5 Å². The van der Waals surface area contributed by atoms with Gasteiger partial charge in [-0.25, -0.2) is 4.39 Å². The third kappa shape index (κ3) is 4.26. The van der Waals surface area contributed by atoms with E-state index in [1.54, 1.807) is 12.1 Å². The molecule has 1 aliphatic rings. The van der Waals surface area contributed by atoms with Crippen LogP contribution in [-0.4, -0.2) is 43.5 Å². The molecule has 20 heavy (non-hydrogen) atoms. The molecular weight excluding hydrogens is 325 g/mol. The Bertz CT molecular complexity index is 477. The van der Waals surface area contributed by atoms with Crippen LogP contribution in [0.15, 0.2) is 22.7 Å². The van der Waals surface area contributed by atoms with Gasteiger partial charge in [0.1, 0.15) is 5.82 Å². The van der Waals surface area contributed by atoms with Crippen molar-refractivity contribution in [3.8, 4) is 0 Å². The van der Waals surface area contributed by atoms with E-state index in [-0.39, 0.29) is 18.1 Å². The average molecular weight is 344 g/mol. The zero-order valence-electron chi connectivity index (χ0n) is 11.5. The zero-order valence-corrected chi connectivity index (χ0v) is 13.0. The maximum absolute atomic E-state index is 13.6. The molecule has 2 rings (SSSR count). The van der Waals surface area contributed by atoms with Gasteiger partial charge in [0, 0.05) is 17.1 Å². The Kier molecular flexibility index (Phi) is 5.51. The number of carbonyl (C=O) groups is 1. The summed E-state index contributed by atoms with van der Waals surface area (Å²) in [6.07, 6.45) is 2.21. The van der Waals surface area contributed by atoms with Crippen LogP contribution < -0.4 is 10.6 Å². The van der Waals surface area contributed by atoms with Crippen LogP contribution in [0.25, 0.3) is 0 Å². The number of hydrogen-bond donors (Lipinski definition) is 2. The van der Waals surface area contributed by atoms with Gasteiger partial charge in [0.15, 0.2) is 0 Å². The van der Waals surface area contributed by atoms with Crippen molar-refractivity contribution in [1.29, 1.82) is 0 Å². The first-order chi connectivity index (χ1) is 9.56. The lowest BCUT2D eigenvalue weighted by Gasteiger charge is -2.31. The molecule has 1 fully saturated rings. The van der Waals surface area contributed by atoms with E-state index < -0.39 is 5.82 Å². The van der Waals surface area contributed by atoms with Gasteiger partial charge < -0.3 is 10.6 Å². The van der Waals surface area contributed by atoms with Gasteiger partial charge in [-0.3, -0.25) is 9.69 Å². The van der Waals surface area contributed by atoms with Gasteiger partial charge in [-0.05, 0) is 44.6 Å². The molecule has 4 nitrogen and oxygen atoms in total. The van der Waals surface area contributed by atoms with Crippen LogP contribution in [0.4, 0.5) is 10.1 Å². The molecule has 1 saturated heterocycles. The molecule has 0 radical (unpaired) electrons. The zero-order chi connectivity index (χ0) is 14.5. The summed E-state index contributed by atoms with van der Waals surface area (Å²) in [5.41, 5.74) is 0.216. The molecule has 110 valence electrons. The molecule has 1 aromatic rings. The van der Waals surface area contributed by atoms with Gasteiger partial charge in [-0.1, -0.05) is 15.9 Å². The number of anilines is 1. The van der Waals surface area contributed by atoms with E-state index >= 15 is 0 Å². The predicted octanol–water partition coefficient (Wildman–Crippen LogP) is 2.21. The molecule has 6 heteroatoms. The highest BCUT2D eigenvalue weighted by Gasteiger charge is 2.19. The quantitative estimate of drug-likeness (QED) is 0.880. The Balaban J connectivity index is 1.88. The minimum Gasteiger partial charge on any atom is -0.322 e. The molecule has 1 aromatic carbocycles. The molecule has 1 heterocycles. The maximum atomic E-state index is 13.6. The van der Waals surface area contributed by atoms with Crippen LogP contribution in [0.2, 0.25) is 0 Å². The highest BCUT2D eigenvalue weighted by atomic mass is 79.9. The van der Waals surface area contributed by atoms with Crippen molar-refractivity contribution in [3.63, 3.8) is 0 Å². The molecule has 0 aliphatic carbocycles. The molecule has 2 N–H and O–H groups in total. The van der Waals surface area contributed by atoms with E-state index in [4.69, 9.17) is 0 Å². The van der Waals surface area contributed by atoms with E-state index in [2.05, 4.69) is 26.6 Å². The normalized spacial score (nSPS) is 19.1. The van der Waals surface area contributed by atoms with Gasteiger partial charge in [0.25, 0.3) is 0 Å². The Hall–Kier alpha value is -0.980. The first-order valence-electron chi connectivity index (χ1n) is 6.72. The standard InChI is InChI=1S/C14H19BrFN3O/c1-19(11-3-2-6-17-8-11)9-14(20)18-13-5-4-10(15)7-12(13)16/h4-5,7,11,17H,2-3,6,8-9H2,1H3,(H,18,20). The molecule has 0 saturated carbocycles. The van der Waals surface area contributed by atoms with Crippen LogP contribution in [0, 0.1) is 5.82 Å². The highest BCUT2D eigenvalue weighted by molar-refractivity contribution is 9.10. The minimum atomic E-state index is -0.435. The van der Waals surface area contributed by atoms with Gasteiger partial charge in [-0.2, -0.15) is 0 Å². The third-order valence-electron chi connectivity index (χ3n) is 3.49. The minimum absolute atomic E-state index is 0.195. The summed E-state index contributed by atoms with van der Waals surface area (Å²) >= 11 is 3.19. The second kappa shape index (κ2) is 7.15. The number of amides is 1. The number of benzene rings is 1. The largest absolute Gasteiger partial charge is 0.322 e. The van der Waals surface area contributed by atoms with Crippen LogP contribution in [0.3, 0.4) is 0 Å². The number of hydrogen-bond acceptors (Lipinski definition) is 3. The summed E-state index contributed by atoms with van der Waals surface area (Å²) in [4.78, 5) is 14.0. The lowest BCUT2D eigenvalue weighted by Crippen LogP contribution is -2.46. The van der Waals surface area contributed by atoms with Crippen molar-refractivity contribution in [2.45, 2.75) is 18.9 Å². The number of likely N-dealkylation sites (N-methyl/N-ethyl adjacent to an activating group) is 1. The Labute approximate surface area is 126 Å². The lowest BCUT2D eigenvalue weighted by molar-refractivity contribution is -0.117.